The van der Waals surface area contributed by atoms with Crippen molar-refractivity contribution in [2.75, 3.05) is 5.73 Å². The van der Waals surface area contributed by atoms with Crippen LogP contribution < -0.4 is 16.5 Å². The van der Waals surface area contributed by atoms with Crippen LogP contribution in [0.3, 0.4) is 0 Å². The lowest BCUT2D eigenvalue weighted by molar-refractivity contribution is 0.00578. The third kappa shape index (κ3) is 5.83. The van der Waals surface area contributed by atoms with Crippen molar-refractivity contribution in [3.63, 3.8) is 0 Å². The number of nitrogens with zero attached hydrogens (tertiary/aromatic N) is 2. The maximum Gasteiger partial charge on any atom is 0.494 e. The normalized spacial score (nSPS) is 21.7. The molecule has 0 spiro atoms. The van der Waals surface area contributed by atoms with Gasteiger partial charge < -0.3 is 25.1 Å². The third-order valence-corrected chi connectivity index (χ3v) is 7.94. The first-order valence-electron chi connectivity index (χ1n) is 13.3. The van der Waals surface area contributed by atoms with Crippen LogP contribution in [-0.2, 0) is 20.7 Å². The van der Waals surface area contributed by atoms with Crippen LogP contribution in [0.2, 0.25) is 0 Å². The number of aromatic nitrogens is 2. The summed E-state index contributed by atoms with van der Waals surface area (Å²) >= 11 is 0. The van der Waals surface area contributed by atoms with Gasteiger partial charge >= 0.3 is 7.12 Å². The van der Waals surface area contributed by atoms with Gasteiger partial charge in [0.25, 0.3) is 5.91 Å². The van der Waals surface area contributed by atoms with E-state index in [1.165, 1.54) is 18.5 Å². The lowest BCUT2D eigenvalue weighted by Gasteiger charge is -2.32. The first kappa shape index (κ1) is 27.2. The first-order valence-corrected chi connectivity index (χ1v) is 13.3. The largest absolute Gasteiger partial charge is 0.494 e. The predicted molar refractivity (Wildman–Crippen MR) is 148 cm³/mol. The number of rotatable bonds is 7. The zero-order valence-corrected chi connectivity index (χ0v) is 22.7. The minimum absolute atomic E-state index is 0.109. The molecular weight excluding hydrogens is 498 g/mol. The van der Waals surface area contributed by atoms with Gasteiger partial charge in [-0.25, -0.2) is 9.37 Å². The molecule has 3 N–H and O–H groups in total. The number of amides is 1. The summed E-state index contributed by atoms with van der Waals surface area (Å²) < 4.78 is 32.1. The second-order valence-electron chi connectivity index (χ2n) is 11.2. The molecule has 3 aromatic rings. The Morgan fingerprint density at radius 2 is 1.77 bits per heavy atom. The summed E-state index contributed by atoms with van der Waals surface area (Å²) in [6.07, 6.45) is 6.61. The van der Waals surface area contributed by atoms with Crippen molar-refractivity contribution in [1.29, 1.82) is 0 Å². The van der Waals surface area contributed by atoms with Crippen molar-refractivity contribution in [3.05, 3.63) is 71.9 Å². The Bertz CT molecular complexity index is 1340. The minimum atomic E-state index is -0.469. The quantitative estimate of drug-likeness (QED) is 0.443. The molecule has 0 radical (unpaired) electrons. The monoisotopic (exact) mass is 532 g/mol. The highest BCUT2D eigenvalue weighted by Gasteiger charge is 2.51. The van der Waals surface area contributed by atoms with E-state index >= 15 is 0 Å². The van der Waals surface area contributed by atoms with E-state index in [4.69, 9.17) is 19.8 Å². The molecule has 39 heavy (non-hydrogen) atoms. The lowest BCUT2D eigenvalue weighted by Crippen LogP contribution is -2.41. The van der Waals surface area contributed by atoms with E-state index in [9.17, 15) is 9.18 Å². The molecule has 8 nitrogen and oxygen atoms in total. The Balaban J connectivity index is 1.19. The van der Waals surface area contributed by atoms with E-state index < -0.39 is 12.9 Å². The van der Waals surface area contributed by atoms with Gasteiger partial charge in [0.15, 0.2) is 0 Å². The molecule has 1 aliphatic carbocycles. The molecule has 1 amide bonds. The summed E-state index contributed by atoms with van der Waals surface area (Å²) in [5.74, 6) is -0.694. The van der Waals surface area contributed by atoms with Crippen LogP contribution >= 0.6 is 0 Å². The summed E-state index contributed by atoms with van der Waals surface area (Å²) in [5, 5.41) is 3.07. The Labute approximate surface area is 228 Å². The van der Waals surface area contributed by atoms with Crippen LogP contribution in [0.4, 0.5) is 10.2 Å². The molecular formula is C29H34BFN4O4. The highest BCUT2D eigenvalue weighted by atomic mass is 19.1. The molecule has 2 aliphatic rings. The number of carbonyl (C=O) groups is 1. The first-order chi connectivity index (χ1) is 18.5. The highest BCUT2D eigenvalue weighted by Crippen LogP contribution is 2.36. The molecule has 1 aromatic carbocycles. The standard InChI is InChI=1S/C29H34BFN4O4/c1-28(2)29(3,4)39-30(38-28)21-10-8-18(9-11-21)17-37-25-7-5-6-24(25)35-27(36)23-13-20(15-34-26(23)32)19-12-22(31)16-33-14-19/h8-16,24-25H,5-7,17H2,1-4H3,(H2,32,34)(H,35,36)/t24-,25-/m0/s1. The van der Waals surface area contributed by atoms with E-state index in [1.54, 1.807) is 6.07 Å². The Morgan fingerprint density at radius 1 is 1.08 bits per heavy atom. The summed E-state index contributed by atoms with van der Waals surface area (Å²) in [6, 6.07) is 10.8. The van der Waals surface area contributed by atoms with E-state index in [2.05, 4.69) is 15.3 Å². The minimum Gasteiger partial charge on any atom is -0.399 e. The topological polar surface area (TPSA) is 109 Å². The number of pyridine rings is 2. The second-order valence-corrected chi connectivity index (χ2v) is 11.2. The summed E-state index contributed by atoms with van der Waals surface area (Å²) in [6.45, 7) is 8.57. The fraction of sp³-hybridized carbons (Fsp3) is 0.414. The smallest absolute Gasteiger partial charge is 0.399 e. The van der Waals surface area contributed by atoms with Gasteiger partial charge in [0, 0.05) is 23.5 Å². The number of nitrogen functional groups attached to an aromatic ring is 1. The van der Waals surface area contributed by atoms with E-state index in [-0.39, 0.29) is 40.6 Å². The van der Waals surface area contributed by atoms with Crippen molar-refractivity contribution < 1.29 is 23.2 Å². The molecule has 1 aliphatic heterocycles. The fourth-order valence-electron chi connectivity index (χ4n) is 4.87. The number of nitrogens with one attached hydrogen (secondary N) is 1. The summed E-state index contributed by atoms with van der Waals surface area (Å²) in [4.78, 5) is 21.2. The maximum atomic E-state index is 13.6. The van der Waals surface area contributed by atoms with E-state index in [0.717, 1.165) is 36.5 Å². The molecule has 10 heteroatoms. The number of benzene rings is 1. The molecule has 5 rings (SSSR count). The molecule has 204 valence electrons. The van der Waals surface area contributed by atoms with Crippen LogP contribution in [0.25, 0.3) is 11.1 Å². The van der Waals surface area contributed by atoms with Crippen LogP contribution in [0.5, 0.6) is 0 Å². The summed E-state index contributed by atoms with van der Waals surface area (Å²) in [5.41, 5.74) is 8.54. The van der Waals surface area contributed by atoms with E-state index in [1.807, 2.05) is 52.0 Å². The third-order valence-electron chi connectivity index (χ3n) is 7.94. The van der Waals surface area contributed by atoms with Crippen molar-refractivity contribution in [1.82, 2.24) is 15.3 Å². The lowest BCUT2D eigenvalue weighted by atomic mass is 9.79. The van der Waals surface area contributed by atoms with Gasteiger partial charge in [0.2, 0.25) is 0 Å². The Kier molecular flexibility index (Phi) is 7.46. The van der Waals surface area contributed by atoms with E-state index in [0.29, 0.717) is 17.7 Å². The molecule has 1 saturated heterocycles. The van der Waals surface area contributed by atoms with Gasteiger partial charge in [-0.05, 0) is 70.1 Å². The average Bonchev–Trinajstić information content (AvgIpc) is 3.42. The number of carbonyl (C=O) groups excluding carboxylic acids is 1. The van der Waals surface area contributed by atoms with Crippen LogP contribution in [0.1, 0.15) is 62.9 Å². The predicted octanol–water partition coefficient (Wildman–Crippen LogP) is 4.03. The van der Waals surface area contributed by atoms with Gasteiger partial charge in [0.05, 0.1) is 41.7 Å². The van der Waals surface area contributed by atoms with Gasteiger partial charge in [0.1, 0.15) is 11.6 Å². The van der Waals surface area contributed by atoms with Crippen LogP contribution in [0.15, 0.2) is 55.0 Å². The number of nitrogens with two attached hydrogens (primary N) is 1. The Morgan fingerprint density at radius 3 is 2.46 bits per heavy atom. The summed E-state index contributed by atoms with van der Waals surface area (Å²) in [7, 11) is -0.406. The second kappa shape index (κ2) is 10.7. The van der Waals surface area contributed by atoms with Gasteiger partial charge in [-0.1, -0.05) is 24.3 Å². The maximum absolute atomic E-state index is 13.6. The Hall–Kier alpha value is -3.34. The number of hydrogen-bond acceptors (Lipinski definition) is 7. The molecule has 2 atom stereocenters. The zero-order valence-electron chi connectivity index (χ0n) is 22.7. The molecule has 1 saturated carbocycles. The molecule has 3 heterocycles. The van der Waals surface area contributed by atoms with Crippen molar-refractivity contribution >= 4 is 24.3 Å². The molecule has 0 unspecified atom stereocenters. The average molecular weight is 532 g/mol. The zero-order chi connectivity index (χ0) is 27.8. The van der Waals surface area contributed by atoms with Crippen molar-refractivity contribution in [2.45, 2.75) is 76.9 Å². The number of ether oxygens (including phenoxy) is 1. The van der Waals surface area contributed by atoms with Gasteiger partial charge in [-0.2, -0.15) is 0 Å². The number of halogens is 1. The fourth-order valence-corrected chi connectivity index (χ4v) is 4.87. The van der Waals surface area contributed by atoms with Crippen molar-refractivity contribution in [3.8, 4) is 11.1 Å². The van der Waals surface area contributed by atoms with Crippen LogP contribution in [0, 0.1) is 5.82 Å². The number of hydrogen-bond donors (Lipinski definition) is 2. The molecule has 2 fully saturated rings. The molecule has 2 aromatic heterocycles. The van der Waals surface area contributed by atoms with Gasteiger partial charge in [-0.15, -0.1) is 0 Å². The SMILES string of the molecule is CC1(C)OB(c2ccc(CO[C@H]3CCC[C@@H]3NC(=O)c3cc(-c4cncc(F)c4)cnc3N)cc2)OC1(C)C. The molecule has 0 bridgehead atoms. The van der Waals surface area contributed by atoms with Crippen LogP contribution in [-0.4, -0.2) is 46.3 Å². The van der Waals surface area contributed by atoms with Gasteiger partial charge in [-0.3, -0.25) is 9.78 Å². The van der Waals surface area contributed by atoms with Crippen molar-refractivity contribution in [2.24, 2.45) is 0 Å². The number of anilines is 1. The highest BCUT2D eigenvalue weighted by molar-refractivity contribution is 6.62.